The molecule has 2 aliphatic heterocycles. The van der Waals surface area contributed by atoms with Gasteiger partial charge < -0.3 is 15.5 Å². The molecule has 2 N–H and O–H groups in total. The topological polar surface area (TPSA) is 103 Å². The molecule has 1 unspecified atom stereocenters. The minimum absolute atomic E-state index is 0.157. The fourth-order valence-corrected chi connectivity index (χ4v) is 5.00. The Kier molecular flexibility index (Phi) is 4.65. The van der Waals surface area contributed by atoms with E-state index in [4.69, 9.17) is 5.26 Å². The van der Waals surface area contributed by atoms with E-state index in [1.165, 1.54) is 12.1 Å². The highest BCUT2D eigenvalue weighted by Gasteiger charge is 2.48. The first-order chi connectivity index (χ1) is 15.3. The third-order valence-electron chi connectivity index (χ3n) is 6.72. The highest BCUT2D eigenvalue weighted by atomic mass is 19.1. The maximum atomic E-state index is 13.6. The lowest BCUT2D eigenvalue weighted by Gasteiger charge is -2.43. The van der Waals surface area contributed by atoms with Crippen LogP contribution in [0.3, 0.4) is 0 Å². The third-order valence-corrected chi connectivity index (χ3v) is 6.72. The fourth-order valence-electron chi connectivity index (χ4n) is 5.00. The van der Waals surface area contributed by atoms with Gasteiger partial charge in [0.25, 0.3) is 5.91 Å². The van der Waals surface area contributed by atoms with E-state index in [1.54, 1.807) is 15.7 Å². The minimum atomic E-state index is -0.842. The number of hydrogen-bond donors (Lipinski definition) is 2. The molecule has 0 bridgehead atoms. The Morgan fingerprint density at radius 1 is 1.41 bits per heavy atom. The first-order valence-corrected chi connectivity index (χ1v) is 10.6. The third kappa shape index (κ3) is 3.28. The summed E-state index contributed by atoms with van der Waals surface area (Å²) in [4.78, 5) is 27.4. The van der Waals surface area contributed by atoms with Gasteiger partial charge in [0.05, 0.1) is 17.8 Å². The van der Waals surface area contributed by atoms with Crippen molar-refractivity contribution in [3.63, 3.8) is 0 Å². The lowest BCUT2D eigenvalue weighted by Crippen LogP contribution is -2.48. The van der Waals surface area contributed by atoms with Crippen LogP contribution in [0.15, 0.2) is 18.2 Å². The first-order valence-electron chi connectivity index (χ1n) is 10.6. The summed E-state index contributed by atoms with van der Waals surface area (Å²) in [7, 11) is 0. The number of hydrogen-bond acceptors (Lipinski definition) is 4. The number of fused-ring (bicyclic) bond motifs is 3. The van der Waals surface area contributed by atoms with Crippen molar-refractivity contribution < 1.29 is 18.4 Å². The molecule has 1 fully saturated rings. The molecule has 1 spiro atoms. The average molecular weight is 440 g/mol. The summed E-state index contributed by atoms with van der Waals surface area (Å²) in [6.07, 6.45) is 0.447. The lowest BCUT2D eigenvalue weighted by atomic mass is 9.67. The Hall–Kier alpha value is -3.48. The Balaban J connectivity index is 1.40. The lowest BCUT2D eigenvalue weighted by molar-refractivity contribution is 0.0118. The monoisotopic (exact) mass is 440 g/mol. The number of benzene rings is 1. The number of rotatable bonds is 1. The number of urea groups is 1. The fraction of sp³-hybridized carbons (Fsp3) is 0.455. The summed E-state index contributed by atoms with van der Waals surface area (Å²) in [5, 5.41) is 19.3. The van der Waals surface area contributed by atoms with Crippen LogP contribution in [-0.2, 0) is 19.5 Å². The predicted octanol–water partition coefficient (Wildman–Crippen LogP) is 2.73. The van der Waals surface area contributed by atoms with Gasteiger partial charge in [-0.15, -0.1) is 0 Å². The van der Waals surface area contributed by atoms with Gasteiger partial charge in [0.2, 0.25) is 0 Å². The van der Waals surface area contributed by atoms with E-state index in [9.17, 15) is 18.4 Å². The van der Waals surface area contributed by atoms with Crippen LogP contribution in [0, 0.1) is 22.6 Å². The van der Waals surface area contributed by atoms with Gasteiger partial charge in [-0.2, -0.15) is 10.4 Å². The summed E-state index contributed by atoms with van der Waals surface area (Å²) in [6, 6.07) is 4.96. The standard InChI is InChI=1S/C22H22F2N6O2/c1-12-4-18-16(9-29(12)21(32)27-15-2-3-17(24)13(5-15)8-25)19-20(31)26-10-22(6-14(23)7-22)11-30(19)28-18/h2-3,5,12,14H,4,6-7,9-11H2,1H3,(H,26,31)(H,27,32). The zero-order valence-corrected chi connectivity index (χ0v) is 17.5. The number of carbonyl (C=O) groups excluding carboxylic acids is 2. The number of alkyl halides is 1. The second kappa shape index (κ2) is 7.29. The van der Waals surface area contributed by atoms with Crippen LogP contribution >= 0.6 is 0 Å². The van der Waals surface area contributed by atoms with Gasteiger partial charge in [-0.1, -0.05) is 0 Å². The normalized spacial score (nSPS) is 26.3. The summed E-state index contributed by atoms with van der Waals surface area (Å²) >= 11 is 0. The van der Waals surface area contributed by atoms with Crippen molar-refractivity contribution in [1.82, 2.24) is 20.0 Å². The smallest absolute Gasteiger partial charge is 0.322 e. The van der Waals surface area contributed by atoms with Crippen LogP contribution in [0.5, 0.6) is 0 Å². The molecule has 1 aromatic heterocycles. The molecule has 166 valence electrons. The Labute approximate surface area is 183 Å². The molecule has 0 radical (unpaired) electrons. The molecule has 3 amide bonds. The summed E-state index contributed by atoms with van der Waals surface area (Å²) < 4.78 is 28.9. The maximum absolute atomic E-state index is 13.6. The van der Waals surface area contributed by atoms with Crippen LogP contribution in [0.2, 0.25) is 0 Å². The van der Waals surface area contributed by atoms with Crippen molar-refractivity contribution in [1.29, 1.82) is 5.26 Å². The second-order valence-electron chi connectivity index (χ2n) is 9.04. The van der Waals surface area contributed by atoms with Gasteiger partial charge in [-0.05, 0) is 38.0 Å². The molecule has 3 heterocycles. The molecule has 3 aliphatic rings. The van der Waals surface area contributed by atoms with Gasteiger partial charge in [0.1, 0.15) is 23.8 Å². The molecule has 5 rings (SSSR count). The maximum Gasteiger partial charge on any atom is 0.322 e. The molecule has 10 heteroatoms. The zero-order chi connectivity index (χ0) is 22.6. The van der Waals surface area contributed by atoms with E-state index in [0.717, 1.165) is 11.8 Å². The van der Waals surface area contributed by atoms with E-state index in [1.807, 2.05) is 6.92 Å². The average Bonchev–Trinajstić information content (AvgIpc) is 3.00. The van der Waals surface area contributed by atoms with Crippen molar-refractivity contribution in [3.8, 4) is 6.07 Å². The van der Waals surface area contributed by atoms with Crippen molar-refractivity contribution >= 4 is 17.6 Å². The molecule has 1 atom stereocenters. The van der Waals surface area contributed by atoms with Crippen molar-refractivity contribution in [2.75, 3.05) is 11.9 Å². The Bertz CT molecular complexity index is 1160. The number of halogens is 2. The van der Waals surface area contributed by atoms with Crippen LogP contribution < -0.4 is 10.6 Å². The molecule has 2 aromatic rings. The van der Waals surface area contributed by atoms with Gasteiger partial charge in [0.15, 0.2) is 0 Å². The van der Waals surface area contributed by atoms with E-state index >= 15 is 0 Å². The van der Waals surface area contributed by atoms with Crippen LogP contribution in [0.25, 0.3) is 0 Å². The number of anilines is 1. The van der Waals surface area contributed by atoms with Gasteiger partial charge in [-0.3, -0.25) is 9.48 Å². The highest BCUT2D eigenvalue weighted by molar-refractivity contribution is 5.95. The number of carbonyl (C=O) groups is 2. The summed E-state index contributed by atoms with van der Waals surface area (Å²) in [5.74, 6) is -0.913. The second-order valence-corrected chi connectivity index (χ2v) is 9.04. The minimum Gasteiger partial charge on any atom is -0.350 e. The Morgan fingerprint density at radius 3 is 2.91 bits per heavy atom. The quantitative estimate of drug-likeness (QED) is 0.712. The largest absolute Gasteiger partial charge is 0.350 e. The van der Waals surface area contributed by atoms with Crippen LogP contribution in [0.4, 0.5) is 19.3 Å². The first kappa shape index (κ1) is 20.4. The molecule has 1 saturated carbocycles. The number of aromatic nitrogens is 2. The Morgan fingerprint density at radius 2 is 2.19 bits per heavy atom. The number of nitrogens with one attached hydrogen (secondary N) is 2. The molecule has 0 saturated heterocycles. The zero-order valence-electron chi connectivity index (χ0n) is 17.5. The molecular weight excluding hydrogens is 418 g/mol. The summed E-state index contributed by atoms with van der Waals surface area (Å²) in [6.45, 7) is 2.97. The predicted molar refractivity (Wildman–Crippen MR) is 110 cm³/mol. The molecule has 32 heavy (non-hydrogen) atoms. The van der Waals surface area contributed by atoms with Gasteiger partial charge >= 0.3 is 6.03 Å². The molecule has 1 aliphatic carbocycles. The van der Waals surface area contributed by atoms with Crippen molar-refractivity contribution in [3.05, 3.63) is 46.5 Å². The SMILES string of the molecule is CC1Cc2nn3c(c2CN1C(=O)Nc1ccc(F)c(C#N)c1)C(=O)NCC1(CC(F)C1)C3. The van der Waals surface area contributed by atoms with E-state index in [2.05, 4.69) is 15.7 Å². The van der Waals surface area contributed by atoms with Gasteiger partial charge in [0, 0.05) is 42.2 Å². The summed E-state index contributed by atoms with van der Waals surface area (Å²) in [5.41, 5.74) is 1.74. The number of nitriles is 1. The van der Waals surface area contributed by atoms with Crippen LogP contribution in [-0.4, -0.2) is 45.4 Å². The van der Waals surface area contributed by atoms with E-state index in [-0.39, 0.29) is 29.5 Å². The van der Waals surface area contributed by atoms with E-state index < -0.39 is 18.0 Å². The highest BCUT2D eigenvalue weighted by Crippen LogP contribution is 2.45. The molecular formula is C22H22F2N6O2. The van der Waals surface area contributed by atoms with Gasteiger partial charge in [-0.25, -0.2) is 13.6 Å². The number of amides is 3. The van der Waals surface area contributed by atoms with Crippen molar-refractivity contribution in [2.24, 2.45) is 5.41 Å². The number of nitrogens with zero attached hydrogens (tertiary/aromatic N) is 4. The van der Waals surface area contributed by atoms with E-state index in [0.29, 0.717) is 49.3 Å². The molecule has 8 nitrogen and oxygen atoms in total. The van der Waals surface area contributed by atoms with Crippen LogP contribution in [0.1, 0.15) is 47.1 Å². The van der Waals surface area contributed by atoms with Crippen molar-refractivity contribution in [2.45, 2.75) is 51.5 Å². The molecule has 1 aromatic carbocycles.